The lowest BCUT2D eigenvalue weighted by atomic mass is 10.1. The van der Waals surface area contributed by atoms with Crippen LogP contribution in [0, 0.1) is 0 Å². The lowest BCUT2D eigenvalue weighted by Crippen LogP contribution is -2.39. The van der Waals surface area contributed by atoms with E-state index in [1.807, 2.05) is 25.1 Å². The Morgan fingerprint density at radius 1 is 1.13 bits per heavy atom. The average Bonchev–Trinajstić information content (AvgIpc) is 2.83. The molecule has 128 valence electrons. The fourth-order valence-electron chi connectivity index (χ4n) is 2.89. The summed E-state index contributed by atoms with van der Waals surface area (Å²) in [7, 11) is 3.24. The zero-order chi connectivity index (χ0) is 16.7. The number of carbonyl (C=O) groups excluding carboxylic acids is 1. The van der Waals surface area contributed by atoms with Crippen LogP contribution in [0.2, 0.25) is 0 Å². The molecule has 5 heteroatoms. The molecule has 1 amide bonds. The third-order valence-corrected chi connectivity index (χ3v) is 5.33. The maximum atomic E-state index is 12.4. The third kappa shape index (κ3) is 5.34. The van der Waals surface area contributed by atoms with E-state index >= 15 is 0 Å². The van der Waals surface area contributed by atoms with Gasteiger partial charge in [-0.05, 0) is 38.0 Å². The van der Waals surface area contributed by atoms with Crippen LogP contribution in [0.15, 0.2) is 23.1 Å². The Morgan fingerprint density at radius 2 is 1.78 bits per heavy atom. The molecular formula is C18H27NO3S. The van der Waals surface area contributed by atoms with E-state index in [0.29, 0.717) is 17.5 Å². The molecule has 1 aliphatic rings. The molecule has 0 aliphatic heterocycles. The van der Waals surface area contributed by atoms with Crippen molar-refractivity contribution < 1.29 is 14.3 Å². The standard InChI is InChI=1S/C18H27NO3S/c1-13(18(20)19-14-8-6-4-5-7-9-14)23-15-10-11-16(21-2)17(12-15)22-3/h10-14H,4-9H2,1-3H3,(H,19,20)/t13-/m0/s1. The number of amides is 1. The molecule has 0 aromatic heterocycles. The van der Waals surface area contributed by atoms with Crippen molar-refractivity contribution >= 4 is 17.7 Å². The first-order valence-electron chi connectivity index (χ1n) is 8.33. The van der Waals surface area contributed by atoms with Crippen molar-refractivity contribution in [3.63, 3.8) is 0 Å². The van der Waals surface area contributed by atoms with Crippen molar-refractivity contribution in [2.24, 2.45) is 0 Å². The molecule has 1 aliphatic carbocycles. The van der Waals surface area contributed by atoms with Gasteiger partial charge in [0.05, 0.1) is 19.5 Å². The number of thioether (sulfide) groups is 1. The van der Waals surface area contributed by atoms with Gasteiger partial charge in [0, 0.05) is 10.9 Å². The maximum Gasteiger partial charge on any atom is 0.233 e. The van der Waals surface area contributed by atoms with Crippen molar-refractivity contribution in [1.82, 2.24) is 5.32 Å². The number of hydrogen-bond acceptors (Lipinski definition) is 4. The number of methoxy groups -OCH3 is 2. The van der Waals surface area contributed by atoms with Crippen LogP contribution in [0.3, 0.4) is 0 Å². The average molecular weight is 337 g/mol. The highest BCUT2D eigenvalue weighted by Gasteiger charge is 2.20. The quantitative estimate of drug-likeness (QED) is 0.629. The van der Waals surface area contributed by atoms with Crippen LogP contribution in [0.1, 0.15) is 45.4 Å². The van der Waals surface area contributed by atoms with E-state index < -0.39 is 0 Å². The lowest BCUT2D eigenvalue weighted by Gasteiger charge is -2.19. The molecule has 1 atom stereocenters. The van der Waals surface area contributed by atoms with Crippen LogP contribution in [-0.4, -0.2) is 31.4 Å². The topological polar surface area (TPSA) is 47.6 Å². The summed E-state index contributed by atoms with van der Waals surface area (Å²) in [5.41, 5.74) is 0. The molecule has 0 radical (unpaired) electrons. The normalized spacial score (nSPS) is 17.2. The first-order chi connectivity index (χ1) is 11.1. The van der Waals surface area contributed by atoms with E-state index in [1.54, 1.807) is 26.0 Å². The van der Waals surface area contributed by atoms with E-state index in [1.165, 1.54) is 25.7 Å². The van der Waals surface area contributed by atoms with Gasteiger partial charge < -0.3 is 14.8 Å². The van der Waals surface area contributed by atoms with Crippen LogP contribution in [-0.2, 0) is 4.79 Å². The molecule has 1 saturated carbocycles. The number of nitrogens with one attached hydrogen (secondary N) is 1. The second-order valence-electron chi connectivity index (χ2n) is 5.97. The van der Waals surface area contributed by atoms with E-state index in [9.17, 15) is 4.79 Å². The predicted octanol–water partition coefficient (Wildman–Crippen LogP) is 4.02. The van der Waals surface area contributed by atoms with Gasteiger partial charge in [0.2, 0.25) is 5.91 Å². The highest BCUT2D eigenvalue weighted by molar-refractivity contribution is 8.00. The van der Waals surface area contributed by atoms with Crippen molar-refractivity contribution in [3.8, 4) is 11.5 Å². The molecule has 0 unspecified atom stereocenters. The van der Waals surface area contributed by atoms with Crippen LogP contribution in [0.25, 0.3) is 0 Å². The van der Waals surface area contributed by atoms with Gasteiger partial charge in [-0.3, -0.25) is 4.79 Å². The molecule has 0 heterocycles. The smallest absolute Gasteiger partial charge is 0.233 e. The van der Waals surface area contributed by atoms with Crippen molar-refractivity contribution in [2.45, 2.75) is 61.6 Å². The van der Waals surface area contributed by atoms with E-state index in [-0.39, 0.29) is 11.2 Å². The van der Waals surface area contributed by atoms with Gasteiger partial charge in [0.25, 0.3) is 0 Å². The third-order valence-electron chi connectivity index (χ3n) is 4.24. The maximum absolute atomic E-state index is 12.4. The summed E-state index contributed by atoms with van der Waals surface area (Å²) in [6, 6.07) is 6.09. The molecule has 1 aromatic rings. The molecule has 0 saturated heterocycles. The number of hydrogen-bond donors (Lipinski definition) is 1. The summed E-state index contributed by atoms with van der Waals surface area (Å²) in [5.74, 6) is 1.51. The van der Waals surface area contributed by atoms with Gasteiger partial charge in [-0.15, -0.1) is 11.8 Å². The van der Waals surface area contributed by atoms with Gasteiger partial charge >= 0.3 is 0 Å². The Hall–Kier alpha value is -1.36. The number of rotatable bonds is 6. The van der Waals surface area contributed by atoms with E-state index in [0.717, 1.165) is 17.7 Å². The Morgan fingerprint density at radius 3 is 2.39 bits per heavy atom. The lowest BCUT2D eigenvalue weighted by molar-refractivity contribution is -0.121. The minimum atomic E-state index is -0.128. The molecule has 0 spiro atoms. The summed E-state index contributed by atoms with van der Waals surface area (Å²) < 4.78 is 10.6. The van der Waals surface area contributed by atoms with Gasteiger partial charge in [-0.1, -0.05) is 25.7 Å². The van der Waals surface area contributed by atoms with Gasteiger partial charge in [0.1, 0.15) is 0 Å². The Labute approximate surface area is 143 Å². The second-order valence-corrected chi connectivity index (χ2v) is 7.39. The molecule has 0 bridgehead atoms. The molecular weight excluding hydrogens is 310 g/mol. The Kier molecular flexibility index (Phi) is 7.09. The van der Waals surface area contributed by atoms with Crippen molar-refractivity contribution in [1.29, 1.82) is 0 Å². The molecule has 4 nitrogen and oxygen atoms in total. The Bertz CT molecular complexity index is 513. The first-order valence-corrected chi connectivity index (χ1v) is 9.21. The van der Waals surface area contributed by atoms with Crippen LogP contribution in [0.4, 0.5) is 0 Å². The Balaban J connectivity index is 1.92. The van der Waals surface area contributed by atoms with Gasteiger partial charge in [-0.25, -0.2) is 0 Å². The van der Waals surface area contributed by atoms with Gasteiger partial charge in [-0.2, -0.15) is 0 Å². The fourth-order valence-corrected chi connectivity index (χ4v) is 3.79. The zero-order valence-electron chi connectivity index (χ0n) is 14.3. The summed E-state index contributed by atoms with van der Waals surface area (Å²) in [6.07, 6.45) is 7.26. The highest BCUT2D eigenvalue weighted by Crippen LogP contribution is 2.33. The number of carbonyl (C=O) groups is 1. The minimum Gasteiger partial charge on any atom is -0.493 e. The van der Waals surface area contributed by atoms with Crippen LogP contribution in [0.5, 0.6) is 11.5 Å². The fraction of sp³-hybridized carbons (Fsp3) is 0.611. The van der Waals surface area contributed by atoms with Crippen LogP contribution < -0.4 is 14.8 Å². The summed E-state index contributed by atoms with van der Waals surface area (Å²) in [4.78, 5) is 13.4. The van der Waals surface area contributed by atoms with Crippen molar-refractivity contribution in [2.75, 3.05) is 14.2 Å². The summed E-state index contributed by atoms with van der Waals surface area (Å²) in [5, 5.41) is 3.09. The van der Waals surface area contributed by atoms with E-state index in [2.05, 4.69) is 5.32 Å². The predicted molar refractivity (Wildman–Crippen MR) is 94.5 cm³/mol. The van der Waals surface area contributed by atoms with Crippen LogP contribution >= 0.6 is 11.8 Å². The molecule has 1 N–H and O–H groups in total. The monoisotopic (exact) mass is 337 g/mol. The highest BCUT2D eigenvalue weighted by atomic mass is 32.2. The summed E-state index contributed by atoms with van der Waals surface area (Å²) >= 11 is 1.55. The minimum absolute atomic E-state index is 0.122. The van der Waals surface area contributed by atoms with Crippen molar-refractivity contribution in [3.05, 3.63) is 18.2 Å². The number of benzene rings is 1. The number of ether oxygens (including phenoxy) is 2. The summed E-state index contributed by atoms with van der Waals surface area (Å²) in [6.45, 7) is 1.95. The molecule has 1 aromatic carbocycles. The molecule has 1 fully saturated rings. The van der Waals surface area contributed by atoms with E-state index in [4.69, 9.17) is 9.47 Å². The molecule has 23 heavy (non-hydrogen) atoms. The molecule has 2 rings (SSSR count). The first kappa shape index (κ1) is 18.0. The second kappa shape index (κ2) is 9.06. The largest absolute Gasteiger partial charge is 0.493 e. The van der Waals surface area contributed by atoms with Gasteiger partial charge in [0.15, 0.2) is 11.5 Å². The zero-order valence-corrected chi connectivity index (χ0v) is 15.1. The SMILES string of the molecule is COc1ccc(S[C@@H](C)C(=O)NC2CCCCCC2)cc1OC.